The molecule has 0 unspecified atom stereocenters. The highest BCUT2D eigenvalue weighted by Gasteiger charge is 2.09. The van der Waals surface area contributed by atoms with Gasteiger partial charge in [0.15, 0.2) is 0 Å². The van der Waals surface area contributed by atoms with Gasteiger partial charge in [0, 0.05) is 13.6 Å². The van der Waals surface area contributed by atoms with Gasteiger partial charge >= 0.3 is 0 Å². The summed E-state index contributed by atoms with van der Waals surface area (Å²) >= 11 is 0. The van der Waals surface area contributed by atoms with E-state index >= 15 is 0 Å². The molecule has 100 valence electrons. The molecule has 0 heterocycles. The molecule has 0 bridgehead atoms. The van der Waals surface area contributed by atoms with Crippen molar-refractivity contribution in [1.29, 1.82) is 0 Å². The maximum atomic E-state index is 13.4. The molecule has 19 heavy (non-hydrogen) atoms. The van der Waals surface area contributed by atoms with E-state index in [1.54, 1.807) is 13.2 Å². The fourth-order valence-corrected chi connectivity index (χ4v) is 1.95. The summed E-state index contributed by atoms with van der Waals surface area (Å²) in [7, 11) is 3.52. The van der Waals surface area contributed by atoms with Gasteiger partial charge in [0.05, 0.1) is 18.5 Å². The number of hydrogen-bond acceptors (Lipinski definition) is 3. The molecule has 0 saturated carbocycles. The number of ether oxygens (including phenoxy) is 1. The minimum absolute atomic E-state index is 0.179. The van der Waals surface area contributed by atoms with Crippen molar-refractivity contribution in [1.82, 2.24) is 0 Å². The fourth-order valence-electron chi connectivity index (χ4n) is 1.95. The van der Waals surface area contributed by atoms with Gasteiger partial charge < -0.3 is 15.4 Å². The molecule has 0 amide bonds. The number of benzene rings is 2. The van der Waals surface area contributed by atoms with Gasteiger partial charge in [-0.15, -0.1) is 0 Å². The second-order valence-electron chi connectivity index (χ2n) is 4.38. The number of nitrogens with two attached hydrogens (primary N) is 1. The van der Waals surface area contributed by atoms with Crippen molar-refractivity contribution in [3.8, 4) is 5.75 Å². The van der Waals surface area contributed by atoms with Gasteiger partial charge in [-0.25, -0.2) is 4.39 Å². The number of nitrogens with zero attached hydrogens (tertiary/aromatic N) is 1. The summed E-state index contributed by atoms with van der Waals surface area (Å²) in [4.78, 5) is 1.92. The van der Waals surface area contributed by atoms with E-state index in [2.05, 4.69) is 0 Å². The van der Waals surface area contributed by atoms with E-state index in [-0.39, 0.29) is 11.5 Å². The second kappa shape index (κ2) is 5.61. The van der Waals surface area contributed by atoms with Crippen molar-refractivity contribution in [3.05, 3.63) is 53.8 Å². The van der Waals surface area contributed by atoms with Gasteiger partial charge in [0.25, 0.3) is 0 Å². The van der Waals surface area contributed by atoms with Crippen LogP contribution >= 0.6 is 0 Å². The first-order valence-electron chi connectivity index (χ1n) is 6.00. The van der Waals surface area contributed by atoms with Crippen LogP contribution < -0.4 is 15.4 Å². The second-order valence-corrected chi connectivity index (χ2v) is 4.38. The highest BCUT2D eigenvalue weighted by Crippen LogP contribution is 2.26. The molecule has 0 saturated heterocycles. The Balaban J connectivity index is 2.15. The Morgan fingerprint density at radius 3 is 2.47 bits per heavy atom. The molecule has 0 aromatic heterocycles. The first kappa shape index (κ1) is 13.2. The van der Waals surface area contributed by atoms with Crippen LogP contribution in [0, 0.1) is 5.82 Å². The molecule has 0 spiro atoms. The lowest BCUT2D eigenvalue weighted by atomic mass is 10.2. The van der Waals surface area contributed by atoms with Gasteiger partial charge in [-0.05, 0) is 29.8 Å². The van der Waals surface area contributed by atoms with Gasteiger partial charge in [-0.2, -0.15) is 0 Å². The molecule has 0 radical (unpaired) electrons. The summed E-state index contributed by atoms with van der Waals surface area (Å²) in [5.41, 5.74) is 7.72. The molecule has 2 rings (SSSR count). The lowest BCUT2D eigenvalue weighted by molar-refractivity contribution is 0.414. The van der Waals surface area contributed by atoms with E-state index in [9.17, 15) is 4.39 Å². The van der Waals surface area contributed by atoms with Crippen LogP contribution in [0.4, 0.5) is 15.8 Å². The maximum absolute atomic E-state index is 13.4. The van der Waals surface area contributed by atoms with Crippen LogP contribution in [-0.2, 0) is 6.54 Å². The molecular weight excluding hydrogens is 243 g/mol. The number of rotatable bonds is 4. The quantitative estimate of drug-likeness (QED) is 0.859. The lowest BCUT2D eigenvalue weighted by Gasteiger charge is -2.21. The van der Waals surface area contributed by atoms with Crippen molar-refractivity contribution in [2.75, 3.05) is 24.8 Å². The van der Waals surface area contributed by atoms with Crippen molar-refractivity contribution in [2.24, 2.45) is 0 Å². The summed E-state index contributed by atoms with van der Waals surface area (Å²) in [6.07, 6.45) is 0. The number of methoxy groups -OCH3 is 1. The highest BCUT2D eigenvalue weighted by atomic mass is 19.1. The predicted molar refractivity (Wildman–Crippen MR) is 75.9 cm³/mol. The first-order valence-corrected chi connectivity index (χ1v) is 6.00. The SMILES string of the molecule is COc1ccc(CN(C)c2cccc(F)c2N)cc1. The van der Waals surface area contributed by atoms with E-state index in [0.29, 0.717) is 12.2 Å². The third-order valence-electron chi connectivity index (χ3n) is 3.02. The summed E-state index contributed by atoms with van der Waals surface area (Å²) in [6, 6.07) is 12.6. The Labute approximate surface area is 112 Å². The van der Waals surface area contributed by atoms with Crippen LogP contribution in [-0.4, -0.2) is 14.2 Å². The number of para-hydroxylation sites is 1. The average Bonchev–Trinajstić information content (AvgIpc) is 2.42. The Bertz CT molecular complexity index is 555. The molecular formula is C15H17FN2O. The molecule has 0 atom stereocenters. The minimum Gasteiger partial charge on any atom is -0.497 e. The van der Waals surface area contributed by atoms with Crippen molar-refractivity contribution in [2.45, 2.75) is 6.54 Å². The number of halogens is 1. The van der Waals surface area contributed by atoms with E-state index in [4.69, 9.17) is 10.5 Å². The van der Waals surface area contributed by atoms with Crippen LogP contribution in [0.15, 0.2) is 42.5 Å². The number of hydrogen-bond donors (Lipinski definition) is 1. The largest absolute Gasteiger partial charge is 0.497 e. The monoisotopic (exact) mass is 260 g/mol. The van der Waals surface area contributed by atoms with Gasteiger partial charge in [-0.1, -0.05) is 18.2 Å². The summed E-state index contributed by atoms with van der Waals surface area (Å²) in [5.74, 6) is 0.427. The number of anilines is 2. The lowest BCUT2D eigenvalue weighted by Crippen LogP contribution is -2.18. The Hall–Kier alpha value is -2.23. The molecule has 0 fully saturated rings. The van der Waals surface area contributed by atoms with Crippen LogP contribution in [0.25, 0.3) is 0 Å². The van der Waals surface area contributed by atoms with Gasteiger partial charge in [-0.3, -0.25) is 0 Å². The Morgan fingerprint density at radius 1 is 1.16 bits per heavy atom. The molecule has 3 nitrogen and oxygen atoms in total. The maximum Gasteiger partial charge on any atom is 0.148 e. The highest BCUT2D eigenvalue weighted by molar-refractivity contribution is 5.67. The molecule has 0 aliphatic heterocycles. The zero-order valence-corrected chi connectivity index (χ0v) is 11.1. The van der Waals surface area contributed by atoms with Crippen LogP contribution in [0.1, 0.15) is 5.56 Å². The van der Waals surface area contributed by atoms with Crippen LogP contribution in [0.5, 0.6) is 5.75 Å². The zero-order valence-electron chi connectivity index (χ0n) is 11.1. The van der Waals surface area contributed by atoms with Crippen LogP contribution in [0.2, 0.25) is 0 Å². The number of nitrogen functional groups attached to an aromatic ring is 1. The average molecular weight is 260 g/mol. The molecule has 4 heteroatoms. The molecule has 2 N–H and O–H groups in total. The van der Waals surface area contributed by atoms with Crippen LogP contribution in [0.3, 0.4) is 0 Å². The molecule has 0 aliphatic rings. The van der Waals surface area contributed by atoms with Crippen molar-refractivity contribution < 1.29 is 9.13 Å². The Morgan fingerprint density at radius 2 is 1.84 bits per heavy atom. The van der Waals surface area contributed by atoms with Gasteiger partial charge in [0.2, 0.25) is 0 Å². The van der Waals surface area contributed by atoms with E-state index < -0.39 is 0 Å². The summed E-state index contributed by atoms with van der Waals surface area (Å²) in [5, 5.41) is 0. The smallest absolute Gasteiger partial charge is 0.148 e. The summed E-state index contributed by atoms with van der Waals surface area (Å²) in [6.45, 7) is 0.650. The third kappa shape index (κ3) is 2.96. The fraction of sp³-hybridized carbons (Fsp3) is 0.200. The topological polar surface area (TPSA) is 38.5 Å². The van der Waals surface area contributed by atoms with Crippen molar-refractivity contribution in [3.63, 3.8) is 0 Å². The van der Waals surface area contributed by atoms with E-state index in [1.165, 1.54) is 6.07 Å². The first-order chi connectivity index (χ1) is 9.11. The standard InChI is InChI=1S/C15H17FN2O/c1-18(14-5-3-4-13(16)15(14)17)10-11-6-8-12(19-2)9-7-11/h3-9H,10,17H2,1-2H3. The summed E-state index contributed by atoms with van der Waals surface area (Å²) < 4.78 is 18.5. The molecule has 2 aromatic carbocycles. The van der Waals surface area contributed by atoms with Crippen molar-refractivity contribution >= 4 is 11.4 Å². The van der Waals surface area contributed by atoms with Gasteiger partial charge in [0.1, 0.15) is 11.6 Å². The van der Waals surface area contributed by atoms with E-state index in [0.717, 1.165) is 11.3 Å². The predicted octanol–water partition coefficient (Wildman–Crippen LogP) is 3.05. The molecule has 0 aliphatic carbocycles. The van der Waals surface area contributed by atoms with E-state index in [1.807, 2.05) is 42.3 Å². The normalized spacial score (nSPS) is 10.3. The Kier molecular flexibility index (Phi) is 3.90. The third-order valence-corrected chi connectivity index (χ3v) is 3.02. The molecule has 2 aromatic rings. The zero-order chi connectivity index (χ0) is 13.8. The minimum atomic E-state index is -0.390.